The van der Waals surface area contributed by atoms with Gasteiger partial charge in [0.2, 0.25) is 11.6 Å². The molecule has 2 aromatic rings. The molecule has 21 heavy (non-hydrogen) atoms. The molecule has 0 aliphatic heterocycles. The highest BCUT2D eigenvalue weighted by Gasteiger charge is 2.10. The zero-order valence-corrected chi connectivity index (χ0v) is 11.7. The fourth-order valence-corrected chi connectivity index (χ4v) is 1.80. The lowest BCUT2D eigenvalue weighted by atomic mass is 10.2. The Kier molecular flexibility index (Phi) is 4.15. The third-order valence-corrected chi connectivity index (χ3v) is 2.88. The van der Waals surface area contributed by atoms with Crippen molar-refractivity contribution in [1.82, 2.24) is 9.97 Å². The largest absolute Gasteiger partial charge is 0.493 e. The van der Waals surface area contributed by atoms with Crippen LogP contribution in [-0.2, 0) is 0 Å². The first-order valence-electron chi connectivity index (χ1n) is 5.38. The lowest BCUT2D eigenvalue weighted by Crippen LogP contribution is -2.06. The SMILES string of the molecule is O=C(O)c1cc(N=Nc2c(O)[nH]c(=S)[nH]c2=O)ccc1Cl. The second-order valence-electron chi connectivity index (χ2n) is 3.77. The minimum Gasteiger partial charge on any atom is -0.493 e. The van der Waals surface area contributed by atoms with E-state index in [-0.39, 0.29) is 26.7 Å². The van der Waals surface area contributed by atoms with Gasteiger partial charge in [0, 0.05) is 0 Å². The number of nitrogens with zero attached hydrogens (tertiary/aromatic N) is 2. The number of rotatable bonds is 3. The molecule has 0 atom stereocenters. The first-order chi connectivity index (χ1) is 9.88. The van der Waals surface area contributed by atoms with E-state index in [0.717, 1.165) is 0 Å². The monoisotopic (exact) mass is 326 g/mol. The number of carbonyl (C=O) groups is 1. The van der Waals surface area contributed by atoms with Crippen molar-refractivity contribution in [1.29, 1.82) is 0 Å². The van der Waals surface area contributed by atoms with Crippen LogP contribution in [0.3, 0.4) is 0 Å². The van der Waals surface area contributed by atoms with Crippen LogP contribution in [-0.4, -0.2) is 26.2 Å². The number of aromatic nitrogens is 2. The van der Waals surface area contributed by atoms with Gasteiger partial charge < -0.3 is 15.2 Å². The van der Waals surface area contributed by atoms with E-state index in [2.05, 4.69) is 32.4 Å². The molecule has 0 saturated heterocycles. The van der Waals surface area contributed by atoms with Crippen LogP contribution in [0.4, 0.5) is 11.4 Å². The predicted molar refractivity (Wildman–Crippen MR) is 76.5 cm³/mol. The van der Waals surface area contributed by atoms with Crippen LogP contribution in [0.15, 0.2) is 33.2 Å². The summed E-state index contributed by atoms with van der Waals surface area (Å²) in [6, 6.07) is 3.93. The van der Waals surface area contributed by atoms with Gasteiger partial charge in [0.05, 0.1) is 16.3 Å². The van der Waals surface area contributed by atoms with E-state index in [4.69, 9.17) is 16.7 Å². The third kappa shape index (κ3) is 3.33. The van der Waals surface area contributed by atoms with E-state index in [1.807, 2.05) is 0 Å². The molecule has 1 aromatic heterocycles. The Balaban J connectivity index is 2.43. The normalized spacial score (nSPS) is 10.9. The Bertz CT molecular complexity index is 858. The summed E-state index contributed by atoms with van der Waals surface area (Å²) in [6.45, 7) is 0. The number of aromatic carboxylic acids is 1. The Morgan fingerprint density at radius 2 is 2.00 bits per heavy atom. The molecule has 4 N–H and O–H groups in total. The van der Waals surface area contributed by atoms with Gasteiger partial charge in [0.25, 0.3) is 5.56 Å². The van der Waals surface area contributed by atoms with E-state index in [0.29, 0.717) is 0 Å². The van der Waals surface area contributed by atoms with Gasteiger partial charge in [-0.1, -0.05) is 11.6 Å². The van der Waals surface area contributed by atoms with Crippen LogP contribution >= 0.6 is 23.8 Å². The Labute approximate surface area is 126 Å². The molecule has 0 fully saturated rings. The predicted octanol–water partition coefficient (Wildman–Crippen LogP) is 2.91. The molecule has 0 saturated carbocycles. The number of carboxylic acid groups (broad SMARTS) is 1. The van der Waals surface area contributed by atoms with Gasteiger partial charge in [-0.3, -0.25) is 9.78 Å². The lowest BCUT2D eigenvalue weighted by Gasteiger charge is -2.00. The smallest absolute Gasteiger partial charge is 0.337 e. The van der Waals surface area contributed by atoms with Crippen molar-refractivity contribution in [3.63, 3.8) is 0 Å². The van der Waals surface area contributed by atoms with E-state index in [9.17, 15) is 14.7 Å². The van der Waals surface area contributed by atoms with Crippen molar-refractivity contribution in [2.24, 2.45) is 10.2 Å². The van der Waals surface area contributed by atoms with Crippen LogP contribution in [0.25, 0.3) is 0 Å². The van der Waals surface area contributed by atoms with Crippen molar-refractivity contribution in [3.8, 4) is 5.88 Å². The summed E-state index contributed by atoms with van der Waals surface area (Å²) in [5.41, 5.74) is -1.11. The minimum atomic E-state index is -1.22. The molecular weight excluding hydrogens is 320 g/mol. The fourth-order valence-electron chi connectivity index (χ4n) is 1.41. The Morgan fingerprint density at radius 1 is 1.29 bits per heavy atom. The van der Waals surface area contributed by atoms with Crippen molar-refractivity contribution in [2.75, 3.05) is 0 Å². The van der Waals surface area contributed by atoms with E-state index in [1.54, 1.807) is 0 Å². The van der Waals surface area contributed by atoms with Crippen molar-refractivity contribution < 1.29 is 15.0 Å². The van der Waals surface area contributed by atoms with Crippen LogP contribution in [0.1, 0.15) is 10.4 Å². The highest BCUT2D eigenvalue weighted by Crippen LogP contribution is 2.25. The van der Waals surface area contributed by atoms with Gasteiger partial charge in [0.1, 0.15) is 0 Å². The average Bonchev–Trinajstić information content (AvgIpc) is 2.38. The molecule has 1 aromatic carbocycles. The molecule has 0 bridgehead atoms. The number of carboxylic acids is 1. The zero-order valence-electron chi connectivity index (χ0n) is 10.1. The lowest BCUT2D eigenvalue weighted by molar-refractivity contribution is 0.0697. The van der Waals surface area contributed by atoms with E-state index < -0.39 is 17.4 Å². The molecule has 8 nitrogen and oxygen atoms in total. The minimum absolute atomic E-state index is 0.0472. The Morgan fingerprint density at radius 3 is 2.62 bits per heavy atom. The first kappa shape index (κ1) is 14.9. The molecule has 2 rings (SSSR count). The number of aromatic amines is 2. The summed E-state index contributed by atoms with van der Waals surface area (Å²) in [5, 5.41) is 25.7. The number of halogens is 1. The van der Waals surface area contributed by atoms with Crippen LogP contribution < -0.4 is 5.56 Å². The van der Waals surface area contributed by atoms with Gasteiger partial charge >= 0.3 is 5.97 Å². The molecule has 1 heterocycles. The molecule has 0 aliphatic rings. The third-order valence-electron chi connectivity index (χ3n) is 2.34. The van der Waals surface area contributed by atoms with E-state index in [1.165, 1.54) is 18.2 Å². The second kappa shape index (κ2) is 5.85. The topological polar surface area (TPSA) is 131 Å². The first-order valence-corrected chi connectivity index (χ1v) is 6.17. The summed E-state index contributed by atoms with van der Waals surface area (Å²) >= 11 is 10.4. The summed E-state index contributed by atoms with van der Waals surface area (Å²) in [7, 11) is 0. The van der Waals surface area contributed by atoms with Gasteiger partial charge in [-0.25, -0.2) is 4.79 Å². The molecule has 10 heteroatoms. The zero-order chi connectivity index (χ0) is 15.6. The molecule has 0 spiro atoms. The highest BCUT2D eigenvalue weighted by atomic mass is 35.5. The fraction of sp³-hybridized carbons (Fsp3) is 0. The number of hydrogen-bond donors (Lipinski definition) is 4. The van der Waals surface area contributed by atoms with Crippen LogP contribution in [0, 0.1) is 4.77 Å². The number of H-pyrrole nitrogens is 2. The molecule has 108 valence electrons. The van der Waals surface area contributed by atoms with Crippen molar-refractivity contribution in [3.05, 3.63) is 43.9 Å². The maximum absolute atomic E-state index is 11.5. The summed E-state index contributed by atoms with van der Waals surface area (Å²) < 4.78 is -0.0592. The quantitative estimate of drug-likeness (QED) is 0.508. The molecule has 0 amide bonds. The second-order valence-corrected chi connectivity index (χ2v) is 4.59. The number of nitrogens with one attached hydrogen (secondary N) is 2. The number of aromatic hydroxyl groups is 1. The summed E-state index contributed by atoms with van der Waals surface area (Å²) in [4.78, 5) is 27.0. The molecule has 0 radical (unpaired) electrons. The molecular formula is C11H7ClN4O4S. The van der Waals surface area contributed by atoms with Crippen molar-refractivity contribution >= 4 is 41.2 Å². The van der Waals surface area contributed by atoms with Gasteiger partial charge in [-0.05, 0) is 30.4 Å². The highest BCUT2D eigenvalue weighted by molar-refractivity contribution is 7.71. The van der Waals surface area contributed by atoms with Crippen LogP contribution in [0.2, 0.25) is 5.02 Å². The number of benzene rings is 1. The van der Waals surface area contributed by atoms with Gasteiger partial charge in [-0.15, -0.1) is 5.11 Å². The number of azo groups is 1. The maximum Gasteiger partial charge on any atom is 0.337 e. The molecule has 0 unspecified atom stereocenters. The number of hydrogen-bond acceptors (Lipinski definition) is 6. The summed E-state index contributed by atoms with van der Waals surface area (Å²) in [5.74, 6) is -1.76. The van der Waals surface area contributed by atoms with Gasteiger partial charge in [-0.2, -0.15) is 5.11 Å². The van der Waals surface area contributed by atoms with Crippen molar-refractivity contribution in [2.45, 2.75) is 0 Å². The molecule has 0 aliphatic carbocycles. The van der Waals surface area contributed by atoms with E-state index >= 15 is 0 Å². The maximum atomic E-state index is 11.5. The van der Waals surface area contributed by atoms with Gasteiger partial charge in [0.15, 0.2) is 4.77 Å². The van der Waals surface area contributed by atoms with Crippen LogP contribution in [0.5, 0.6) is 5.88 Å². The average molecular weight is 327 g/mol. The summed E-state index contributed by atoms with van der Waals surface area (Å²) in [6.07, 6.45) is 0. The standard InChI is InChI=1S/C11H7ClN4O4S/c12-6-2-1-4(3-5(6)10(19)20)15-16-7-8(17)13-11(21)14-9(7)18/h1-3H,(H,19,20)(H3,13,14,17,18,21). The Hall–Kier alpha value is -2.52.